The number of hydrogen-bond acceptors (Lipinski definition) is 4. The molecular formula is C12H16N2O3. The second kappa shape index (κ2) is 5.63. The predicted molar refractivity (Wildman–Crippen MR) is 63.2 cm³/mol. The van der Waals surface area contributed by atoms with E-state index in [1.807, 2.05) is 0 Å². The van der Waals surface area contributed by atoms with Gasteiger partial charge in [0.05, 0.1) is 12.2 Å². The van der Waals surface area contributed by atoms with Crippen molar-refractivity contribution in [3.8, 4) is 0 Å². The van der Waals surface area contributed by atoms with E-state index in [-0.39, 0.29) is 5.56 Å². The van der Waals surface area contributed by atoms with E-state index in [0.29, 0.717) is 11.7 Å². The van der Waals surface area contributed by atoms with Crippen LogP contribution in [-0.2, 0) is 4.74 Å². The van der Waals surface area contributed by atoms with Crippen molar-refractivity contribution in [2.45, 2.75) is 12.8 Å². The minimum absolute atomic E-state index is 0.205. The second-order valence-corrected chi connectivity index (χ2v) is 4.20. The van der Waals surface area contributed by atoms with E-state index < -0.39 is 5.97 Å². The number of carbonyl (C=O) groups is 1. The summed E-state index contributed by atoms with van der Waals surface area (Å²) in [6.07, 6.45) is 3.64. The summed E-state index contributed by atoms with van der Waals surface area (Å²) >= 11 is 0. The van der Waals surface area contributed by atoms with Crippen molar-refractivity contribution < 1.29 is 14.6 Å². The summed E-state index contributed by atoms with van der Waals surface area (Å²) in [6.45, 7) is 2.47. The lowest BCUT2D eigenvalue weighted by Crippen LogP contribution is -2.24. The molecule has 1 saturated heterocycles. The Hall–Kier alpha value is -1.62. The van der Waals surface area contributed by atoms with Gasteiger partial charge in [0.1, 0.15) is 5.82 Å². The second-order valence-electron chi connectivity index (χ2n) is 4.20. The van der Waals surface area contributed by atoms with Gasteiger partial charge in [-0.05, 0) is 30.9 Å². The van der Waals surface area contributed by atoms with Crippen LogP contribution in [0.1, 0.15) is 23.2 Å². The molecule has 1 aliphatic rings. The average molecular weight is 236 g/mol. The van der Waals surface area contributed by atoms with Crippen LogP contribution in [0.25, 0.3) is 0 Å². The van der Waals surface area contributed by atoms with E-state index in [0.717, 1.165) is 26.2 Å². The molecule has 1 aromatic heterocycles. The SMILES string of the molecule is O=C(O)c1ccc(NCC2CCCOC2)nc1. The number of nitrogens with one attached hydrogen (secondary N) is 1. The number of hydrogen-bond donors (Lipinski definition) is 2. The molecule has 1 aromatic rings. The Morgan fingerprint density at radius 1 is 1.59 bits per heavy atom. The molecule has 1 aliphatic heterocycles. The lowest BCUT2D eigenvalue weighted by Gasteiger charge is -2.22. The fourth-order valence-electron chi connectivity index (χ4n) is 1.84. The van der Waals surface area contributed by atoms with Crippen molar-refractivity contribution in [2.24, 2.45) is 5.92 Å². The van der Waals surface area contributed by atoms with Crippen LogP contribution in [0.2, 0.25) is 0 Å². The first-order chi connectivity index (χ1) is 8.25. The largest absolute Gasteiger partial charge is 0.478 e. The number of carboxylic acids is 1. The molecule has 1 fully saturated rings. The highest BCUT2D eigenvalue weighted by Crippen LogP contribution is 2.14. The monoisotopic (exact) mass is 236 g/mol. The van der Waals surface area contributed by atoms with E-state index in [1.165, 1.54) is 12.6 Å². The number of aromatic nitrogens is 1. The molecular weight excluding hydrogens is 220 g/mol. The smallest absolute Gasteiger partial charge is 0.337 e. The number of pyridine rings is 1. The third-order valence-electron chi connectivity index (χ3n) is 2.84. The Balaban J connectivity index is 1.84. The molecule has 0 saturated carbocycles. The van der Waals surface area contributed by atoms with E-state index in [4.69, 9.17) is 9.84 Å². The zero-order chi connectivity index (χ0) is 12.1. The van der Waals surface area contributed by atoms with Crippen LogP contribution in [0, 0.1) is 5.92 Å². The molecule has 1 unspecified atom stereocenters. The lowest BCUT2D eigenvalue weighted by atomic mass is 10.0. The molecule has 2 heterocycles. The molecule has 2 N–H and O–H groups in total. The molecule has 0 amide bonds. The Morgan fingerprint density at radius 3 is 3.06 bits per heavy atom. The average Bonchev–Trinajstić information content (AvgIpc) is 2.38. The van der Waals surface area contributed by atoms with Crippen LogP contribution in [0.4, 0.5) is 5.82 Å². The maximum absolute atomic E-state index is 10.6. The van der Waals surface area contributed by atoms with Gasteiger partial charge in [-0.15, -0.1) is 0 Å². The highest BCUT2D eigenvalue weighted by molar-refractivity contribution is 5.87. The third kappa shape index (κ3) is 3.42. The van der Waals surface area contributed by atoms with Gasteiger partial charge in [0.15, 0.2) is 0 Å². The molecule has 0 aliphatic carbocycles. The lowest BCUT2D eigenvalue weighted by molar-refractivity contribution is 0.0595. The van der Waals surface area contributed by atoms with Crippen molar-refractivity contribution in [3.63, 3.8) is 0 Å². The van der Waals surface area contributed by atoms with Gasteiger partial charge in [-0.25, -0.2) is 9.78 Å². The summed E-state index contributed by atoms with van der Waals surface area (Å²) in [7, 11) is 0. The number of carboxylic acid groups (broad SMARTS) is 1. The van der Waals surface area contributed by atoms with Gasteiger partial charge in [-0.1, -0.05) is 0 Å². The van der Waals surface area contributed by atoms with Crippen LogP contribution in [0.5, 0.6) is 0 Å². The van der Waals surface area contributed by atoms with Gasteiger partial charge in [-0.3, -0.25) is 0 Å². The first kappa shape index (κ1) is 11.9. The van der Waals surface area contributed by atoms with Crippen LogP contribution in [-0.4, -0.2) is 35.8 Å². The zero-order valence-corrected chi connectivity index (χ0v) is 9.56. The number of anilines is 1. The van der Waals surface area contributed by atoms with E-state index >= 15 is 0 Å². The van der Waals surface area contributed by atoms with Crippen molar-refractivity contribution in [3.05, 3.63) is 23.9 Å². The van der Waals surface area contributed by atoms with Gasteiger partial charge in [0.2, 0.25) is 0 Å². The quantitative estimate of drug-likeness (QED) is 0.831. The van der Waals surface area contributed by atoms with Crippen LogP contribution < -0.4 is 5.32 Å². The molecule has 5 heteroatoms. The molecule has 92 valence electrons. The molecule has 5 nitrogen and oxygen atoms in total. The van der Waals surface area contributed by atoms with Gasteiger partial charge >= 0.3 is 5.97 Å². The topological polar surface area (TPSA) is 71.5 Å². The van der Waals surface area contributed by atoms with Gasteiger partial charge in [-0.2, -0.15) is 0 Å². The fourth-order valence-corrected chi connectivity index (χ4v) is 1.84. The van der Waals surface area contributed by atoms with Crippen LogP contribution >= 0.6 is 0 Å². The minimum atomic E-state index is -0.954. The fraction of sp³-hybridized carbons (Fsp3) is 0.500. The predicted octanol–water partition coefficient (Wildman–Crippen LogP) is 1.62. The molecule has 2 rings (SSSR count). The number of rotatable bonds is 4. The summed E-state index contributed by atoms with van der Waals surface area (Å²) in [5, 5.41) is 11.9. The maximum Gasteiger partial charge on any atom is 0.337 e. The third-order valence-corrected chi connectivity index (χ3v) is 2.84. The molecule has 0 spiro atoms. The Morgan fingerprint density at radius 2 is 2.47 bits per heavy atom. The van der Waals surface area contributed by atoms with Crippen LogP contribution in [0.15, 0.2) is 18.3 Å². The Bertz CT molecular complexity index is 372. The first-order valence-electron chi connectivity index (χ1n) is 5.76. The van der Waals surface area contributed by atoms with Gasteiger partial charge in [0.25, 0.3) is 0 Å². The standard InChI is InChI=1S/C12H16N2O3/c15-12(16)10-3-4-11(14-7-10)13-6-9-2-1-5-17-8-9/h3-4,7,9H,1-2,5-6,8H2,(H,13,14)(H,15,16). The molecule has 0 radical (unpaired) electrons. The maximum atomic E-state index is 10.6. The summed E-state index contributed by atoms with van der Waals surface area (Å²) in [5.41, 5.74) is 0.205. The first-order valence-corrected chi connectivity index (χ1v) is 5.76. The Labute approximate surface area is 99.8 Å². The zero-order valence-electron chi connectivity index (χ0n) is 9.56. The van der Waals surface area contributed by atoms with Crippen molar-refractivity contribution in [1.82, 2.24) is 4.98 Å². The van der Waals surface area contributed by atoms with Crippen molar-refractivity contribution in [2.75, 3.05) is 25.1 Å². The number of ether oxygens (including phenoxy) is 1. The highest BCUT2D eigenvalue weighted by Gasteiger charge is 2.13. The van der Waals surface area contributed by atoms with Gasteiger partial charge in [0, 0.05) is 19.3 Å². The molecule has 1 atom stereocenters. The summed E-state index contributed by atoms with van der Waals surface area (Å²) in [4.78, 5) is 14.7. The normalized spacial score (nSPS) is 19.9. The van der Waals surface area contributed by atoms with Crippen LogP contribution in [0.3, 0.4) is 0 Å². The highest BCUT2D eigenvalue weighted by atomic mass is 16.5. The van der Waals surface area contributed by atoms with E-state index in [2.05, 4.69) is 10.3 Å². The van der Waals surface area contributed by atoms with Crippen molar-refractivity contribution in [1.29, 1.82) is 0 Å². The molecule has 0 bridgehead atoms. The van der Waals surface area contributed by atoms with E-state index in [1.54, 1.807) is 12.1 Å². The summed E-state index contributed by atoms with van der Waals surface area (Å²) < 4.78 is 5.38. The number of aromatic carboxylic acids is 1. The van der Waals surface area contributed by atoms with Gasteiger partial charge < -0.3 is 15.2 Å². The Kier molecular flexibility index (Phi) is 3.93. The number of nitrogens with zero attached hydrogens (tertiary/aromatic N) is 1. The summed E-state index contributed by atoms with van der Waals surface area (Å²) in [5.74, 6) is 0.273. The molecule has 17 heavy (non-hydrogen) atoms. The van der Waals surface area contributed by atoms with Crippen molar-refractivity contribution >= 4 is 11.8 Å². The van der Waals surface area contributed by atoms with E-state index in [9.17, 15) is 4.79 Å². The molecule has 0 aromatic carbocycles. The summed E-state index contributed by atoms with van der Waals surface area (Å²) in [6, 6.07) is 3.24. The minimum Gasteiger partial charge on any atom is -0.478 e.